The molecule has 3 rings (SSSR count). The van der Waals surface area contributed by atoms with E-state index in [0.717, 1.165) is 47.8 Å². The molecule has 0 aliphatic heterocycles. The van der Waals surface area contributed by atoms with Gasteiger partial charge in [-0.05, 0) is 24.3 Å². The number of rotatable bonds is 6. The number of methoxy groups -OCH3 is 1. The zero-order valence-electron chi connectivity index (χ0n) is 12.0. The van der Waals surface area contributed by atoms with Crippen LogP contribution in [0.5, 0.6) is 5.75 Å². The Hall–Kier alpha value is -2.40. The molecule has 5 nitrogen and oxygen atoms in total. The van der Waals surface area contributed by atoms with Crippen molar-refractivity contribution in [3.05, 3.63) is 54.1 Å². The third-order valence-corrected chi connectivity index (χ3v) is 3.31. The third-order valence-electron chi connectivity index (χ3n) is 3.31. The highest BCUT2D eigenvalue weighted by Gasteiger charge is 2.04. The summed E-state index contributed by atoms with van der Waals surface area (Å²) in [5, 5.41) is 3.37. The van der Waals surface area contributed by atoms with Gasteiger partial charge in [-0.15, -0.1) is 0 Å². The normalized spacial score (nSPS) is 10.9. The van der Waals surface area contributed by atoms with E-state index >= 15 is 0 Å². The number of ether oxygens (including phenoxy) is 1. The van der Waals surface area contributed by atoms with E-state index in [4.69, 9.17) is 4.74 Å². The van der Waals surface area contributed by atoms with Crippen LogP contribution in [-0.2, 0) is 13.0 Å². The van der Waals surface area contributed by atoms with Crippen LogP contribution in [0.4, 0.5) is 0 Å². The minimum atomic E-state index is 0.773. The molecule has 0 saturated carbocycles. The maximum absolute atomic E-state index is 5.21. The molecule has 0 spiro atoms. The first-order valence-electron chi connectivity index (χ1n) is 6.98. The van der Waals surface area contributed by atoms with Crippen molar-refractivity contribution >= 4 is 11.0 Å². The van der Waals surface area contributed by atoms with Crippen LogP contribution in [0, 0.1) is 0 Å². The second kappa shape index (κ2) is 6.37. The van der Waals surface area contributed by atoms with E-state index < -0.39 is 0 Å². The van der Waals surface area contributed by atoms with Gasteiger partial charge >= 0.3 is 0 Å². The van der Waals surface area contributed by atoms with E-state index in [1.807, 2.05) is 42.6 Å². The number of aromatic nitrogens is 3. The monoisotopic (exact) mass is 282 g/mol. The van der Waals surface area contributed by atoms with Crippen molar-refractivity contribution in [3.8, 4) is 5.75 Å². The number of fused-ring (bicyclic) bond motifs is 1. The van der Waals surface area contributed by atoms with Gasteiger partial charge in [-0.1, -0.05) is 6.07 Å². The Labute approximate surface area is 123 Å². The maximum Gasteiger partial charge on any atom is 0.121 e. The lowest BCUT2D eigenvalue weighted by atomic mass is 10.3. The molecule has 0 aliphatic carbocycles. The highest BCUT2D eigenvalue weighted by atomic mass is 16.5. The lowest BCUT2D eigenvalue weighted by Crippen LogP contribution is -2.17. The first kappa shape index (κ1) is 13.6. The fraction of sp³-hybridized carbons (Fsp3) is 0.250. The summed E-state index contributed by atoms with van der Waals surface area (Å²) in [6.45, 7) is 1.63. The quantitative estimate of drug-likeness (QED) is 0.681. The van der Waals surface area contributed by atoms with E-state index in [0.29, 0.717) is 0 Å². The number of hydrogen-bond acceptors (Lipinski definition) is 4. The molecule has 3 aromatic rings. The Balaban J connectivity index is 1.55. The zero-order chi connectivity index (χ0) is 14.5. The molecule has 108 valence electrons. The van der Waals surface area contributed by atoms with E-state index in [1.54, 1.807) is 7.11 Å². The summed E-state index contributed by atoms with van der Waals surface area (Å²) >= 11 is 0. The molecule has 0 fully saturated rings. The van der Waals surface area contributed by atoms with Gasteiger partial charge in [-0.25, -0.2) is 4.98 Å². The SMILES string of the molecule is COc1ccc2nc(CCNCc3ccccn3)[nH]c2c1. The number of pyridine rings is 1. The molecule has 21 heavy (non-hydrogen) atoms. The van der Waals surface area contributed by atoms with Crippen molar-refractivity contribution in [2.24, 2.45) is 0 Å². The summed E-state index contributed by atoms with van der Waals surface area (Å²) in [5.74, 6) is 1.82. The van der Waals surface area contributed by atoms with Crippen LogP contribution in [0.25, 0.3) is 11.0 Å². The molecular formula is C16H18N4O. The van der Waals surface area contributed by atoms with E-state index in [2.05, 4.69) is 20.3 Å². The van der Waals surface area contributed by atoms with Gasteiger partial charge < -0.3 is 15.0 Å². The minimum Gasteiger partial charge on any atom is -0.497 e. The average molecular weight is 282 g/mol. The summed E-state index contributed by atoms with van der Waals surface area (Å²) in [6.07, 6.45) is 2.66. The largest absolute Gasteiger partial charge is 0.497 e. The van der Waals surface area contributed by atoms with Gasteiger partial charge in [-0.3, -0.25) is 4.98 Å². The minimum absolute atomic E-state index is 0.773. The van der Waals surface area contributed by atoms with Crippen LogP contribution in [0.1, 0.15) is 11.5 Å². The molecule has 2 heterocycles. The third kappa shape index (κ3) is 3.38. The van der Waals surface area contributed by atoms with Crippen molar-refractivity contribution < 1.29 is 4.74 Å². The van der Waals surface area contributed by atoms with E-state index in [-0.39, 0.29) is 0 Å². The molecular weight excluding hydrogens is 264 g/mol. The Kier molecular flexibility index (Phi) is 4.12. The number of hydrogen-bond donors (Lipinski definition) is 2. The number of benzene rings is 1. The lowest BCUT2D eigenvalue weighted by molar-refractivity contribution is 0.415. The fourth-order valence-corrected chi connectivity index (χ4v) is 2.21. The van der Waals surface area contributed by atoms with Crippen LogP contribution in [0.3, 0.4) is 0 Å². The molecule has 0 amide bonds. The maximum atomic E-state index is 5.21. The molecule has 5 heteroatoms. The van der Waals surface area contributed by atoms with Gasteiger partial charge in [-0.2, -0.15) is 0 Å². The van der Waals surface area contributed by atoms with Crippen molar-refractivity contribution in [2.75, 3.05) is 13.7 Å². The molecule has 0 bridgehead atoms. The van der Waals surface area contributed by atoms with Crippen LogP contribution in [0.2, 0.25) is 0 Å². The Morgan fingerprint density at radius 2 is 2.19 bits per heavy atom. The summed E-state index contributed by atoms with van der Waals surface area (Å²) in [5.41, 5.74) is 3.02. The zero-order valence-corrected chi connectivity index (χ0v) is 12.0. The van der Waals surface area contributed by atoms with Gasteiger partial charge in [0.2, 0.25) is 0 Å². The van der Waals surface area contributed by atoms with E-state index in [1.165, 1.54) is 0 Å². The molecule has 0 saturated heterocycles. The highest BCUT2D eigenvalue weighted by Crippen LogP contribution is 2.18. The predicted octanol–water partition coefficient (Wildman–Crippen LogP) is 2.30. The number of aromatic amines is 1. The summed E-state index contributed by atoms with van der Waals surface area (Å²) in [4.78, 5) is 12.2. The molecule has 0 atom stereocenters. The van der Waals surface area contributed by atoms with Gasteiger partial charge in [0, 0.05) is 31.8 Å². The molecule has 1 aromatic carbocycles. The summed E-state index contributed by atoms with van der Waals surface area (Å²) < 4.78 is 5.21. The van der Waals surface area contributed by atoms with Crippen LogP contribution in [0.15, 0.2) is 42.6 Å². The molecule has 2 aromatic heterocycles. The van der Waals surface area contributed by atoms with Crippen molar-refractivity contribution in [3.63, 3.8) is 0 Å². The lowest BCUT2D eigenvalue weighted by Gasteiger charge is -2.02. The number of nitrogens with zero attached hydrogens (tertiary/aromatic N) is 2. The Morgan fingerprint density at radius 3 is 3.00 bits per heavy atom. The summed E-state index contributed by atoms with van der Waals surface area (Å²) in [7, 11) is 1.67. The van der Waals surface area contributed by atoms with Crippen molar-refractivity contribution in [1.29, 1.82) is 0 Å². The van der Waals surface area contributed by atoms with Gasteiger partial charge in [0.1, 0.15) is 11.6 Å². The average Bonchev–Trinajstić information content (AvgIpc) is 2.94. The second-order valence-electron chi connectivity index (χ2n) is 4.81. The fourth-order valence-electron chi connectivity index (χ4n) is 2.21. The first-order chi connectivity index (χ1) is 10.3. The number of nitrogens with one attached hydrogen (secondary N) is 2. The molecule has 2 N–H and O–H groups in total. The smallest absolute Gasteiger partial charge is 0.121 e. The number of imidazole rings is 1. The number of H-pyrrole nitrogens is 1. The molecule has 0 aliphatic rings. The van der Waals surface area contributed by atoms with Gasteiger partial charge in [0.05, 0.1) is 23.8 Å². The molecule has 0 radical (unpaired) electrons. The predicted molar refractivity (Wildman–Crippen MR) is 82.3 cm³/mol. The highest BCUT2D eigenvalue weighted by molar-refractivity contribution is 5.76. The van der Waals surface area contributed by atoms with Crippen molar-refractivity contribution in [2.45, 2.75) is 13.0 Å². The van der Waals surface area contributed by atoms with Crippen LogP contribution >= 0.6 is 0 Å². The standard InChI is InChI=1S/C16H18N4O/c1-21-13-5-6-14-15(10-13)20-16(19-14)7-9-17-11-12-4-2-3-8-18-12/h2-6,8,10,17H,7,9,11H2,1H3,(H,19,20). The van der Waals surface area contributed by atoms with Crippen molar-refractivity contribution in [1.82, 2.24) is 20.3 Å². The topological polar surface area (TPSA) is 62.8 Å². The van der Waals surface area contributed by atoms with Crippen LogP contribution < -0.4 is 10.1 Å². The Morgan fingerprint density at radius 1 is 1.24 bits per heavy atom. The Bertz CT molecular complexity index is 709. The van der Waals surface area contributed by atoms with E-state index in [9.17, 15) is 0 Å². The first-order valence-corrected chi connectivity index (χ1v) is 6.98. The summed E-state index contributed by atoms with van der Waals surface area (Å²) in [6, 6.07) is 11.8. The van der Waals surface area contributed by atoms with Gasteiger partial charge in [0.25, 0.3) is 0 Å². The molecule has 0 unspecified atom stereocenters. The van der Waals surface area contributed by atoms with Crippen LogP contribution in [-0.4, -0.2) is 28.6 Å². The second-order valence-corrected chi connectivity index (χ2v) is 4.81. The van der Waals surface area contributed by atoms with Gasteiger partial charge in [0.15, 0.2) is 0 Å².